The SMILES string of the molecule is COC(=O)C1Cc2cc(-n3nc(C(C)(C)C)cc3N)ccc2CN1C(=O)C(F)(F)F. The van der Waals surface area contributed by atoms with Gasteiger partial charge in [0.15, 0.2) is 0 Å². The number of esters is 1. The fourth-order valence-electron chi connectivity index (χ4n) is 3.39. The van der Waals surface area contributed by atoms with Gasteiger partial charge in [-0.3, -0.25) is 4.79 Å². The number of hydrogen-bond donors (Lipinski definition) is 1. The van der Waals surface area contributed by atoms with Gasteiger partial charge in [0, 0.05) is 24.4 Å². The molecule has 2 aromatic rings. The van der Waals surface area contributed by atoms with E-state index in [1.807, 2.05) is 20.8 Å². The van der Waals surface area contributed by atoms with Crippen LogP contribution in [0, 0.1) is 0 Å². The number of alkyl halides is 3. The van der Waals surface area contributed by atoms with Gasteiger partial charge in [-0.1, -0.05) is 26.8 Å². The molecule has 1 aromatic carbocycles. The molecule has 0 saturated heterocycles. The molecule has 0 aliphatic carbocycles. The molecule has 1 unspecified atom stereocenters. The van der Waals surface area contributed by atoms with E-state index in [1.54, 1.807) is 28.9 Å². The van der Waals surface area contributed by atoms with Crippen LogP contribution in [0.25, 0.3) is 5.69 Å². The van der Waals surface area contributed by atoms with E-state index in [2.05, 4.69) is 9.84 Å². The topological polar surface area (TPSA) is 90.4 Å². The molecule has 30 heavy (non-hydrogen) atoms. The number of rotatable bonds is 2. The summed E-state index contributed by atoms with van der Waals surface area (Å²) in [5, 5.41) is 4.53. The first kappa shape index (κ1) is 21.7. The molecule has 0 fully saturated rings. The van der Waals surface area contributed by atoms with Crippen LogP contribution in [0.2, 0.25) is 0 Å². The quantitative estimate of drug-likeness (QED) is 0.749. The number of anilines is 1. The molecule has 1 aliphatic rings. The molecule has 0 radical (unpaired) electrons. The number of nitrogen functional groups attached to an aromatic ring is 1. The van der Waals surface area contributed by atoms with Crippen LogP contribution in [0.4, 0.5) is 19.0 Å². The normalized spacial score (nSPS) is 16.9. The second kappa shape index (κ2) is 7.33. The Morgan fingerprint density at radius 3 is 2.37 bits per heavy atom. The van der Waals surface area contributed by atoms with E-state index in [9.17, 15) is 22.8 Å². The van der Waals surface area contributed by atoms with Crippen molar-refractivity contribution in [2.24, 2.45) is 0 Å². The smallest absolute Gasteiger partial charge is 0.467 e. The summed E-state index contributed by atoms with van der Waals surface area (Å²) in [6.07, 6.45) is -5.19. The van der Waals surface area contributed by atoms with Gasteiger partial charge in [0.1, 0.15) is 11.9 Å². The lowest BCUT2D eigenvalue weighted by Gasteiger charge is -2.35. The Kier molecular flexibility index (Phi) is 5.30. The number of ether oxygens (including phenoxy) is 1. The van der Waals surface area contributed by atoms with Gasteiger partial charge in [0.2, 0.25) is 0 Å². The van der Waals surface area contributed by atoms with Gasteiger partial charge in [0.25, 0.3) is 0 Å². The molecule has 3 rings (SSSR count). The highest BCUT2D eigenvalue weighted by Gasteiger charge is 2.48. The molecule has 1 aliphatic heterocycles. The highest BCUT2D eigenvalue weighted by Crippen LogP contribution is 2.31. The van der Waals surface area contributed by atoms with Gasteiger partial charge in [-0.25, -0.2) is 9.48 Å². The van der Waals surface area contributed by atoms with E-state index < -0.39 is 24.1 Å². The molecule has 1 atom stereocenters. The molecule has 1 aromatic heterocycles. The number of fused-ring (bicyclic) bond motifs is 1. The van der Waals surface area contributed by atoms with E-state index in [0.717, 1.165) is 12.8 Å². The minimum absolute atomic E-state index is 0.106. The maximum absolute atomic E-state index is 13.0. The molecular weight excluding hydrogens is 401 g/mol. The lowest BCUT2D eigenvalue weighted by molar-refractivity contribution is -0.191. The molecule has 2 heterocycles. The summed E-state index contributed by atoms with van der Waals surface area (Å²) in [5.74, 6) is -2.56. The first-order valence-electron chi connectivity index (χ1n) is 9.26. The summed E-state index contributed by atoms with van der Waals surface area (Å²) in [7, 11) is 1.07. The van der Waals surface area contributed by atoms with Crippen LogP contribution in [-0.4, -0.2) is 45.9 Å². The maximum atomic E-state index is 13.0. The standard InChI is InChI=1S/C20H23F3N4O3/c1-19(2,3)15-9-16(24)27(25-15)13-6-5-11-10-26(18(29)20(21,22)23)14(17(28)30-4)8-12(11)7-13/h5-7,9,14H,8,10,24H2,1-4H3. The summed E-state index contributed by atoms with van der Waals surface area (Å²) in [6.45, 7) is 5.65. The highest BCUT2D eigenvalue weighted by molar-refractivity contribution is 5.88. The van der Waals surface area contributed by atoms with Crippen molar-refractivity contribution in [1.82, 2.24) is 14.7 Å². The van der Waals surface area contributed by atoms with Gasteiger partial charge in [0.05, 0.1) is 18.5 Å². The predicted octanol–water partition coefficient (Wildman–Crippen LogP) is 2.74. The summed E-state index contributed by atoms with van der Waals surface area (Å²) in [6, 6.07) is 5.40. The van der Waals surface area contributed by atoms with E-state index in [0.29, 0.717) is 27.5 Å². The average molecular weight is 424 g/mol. The van der Waals surface area contributed by atoms with Gasteiger partial charge >= 0.3 is 18.1 Å². The second-order valence-electron chi connectivity index (χ2n) is 8.24. The molecule has 0 saturated carbocycles. The number of aromatic nitrogens is 2. The van der Waals surface area contributed by atoms with Crippen LogP contribution < -0.4 is 5.73 Å². The summed E-state index contributed by atoms with van der Waals surface area (Å²) >= 11 is 0. The van der Waals surface area contributed by atoms with Crippen LogP contribution in [0.5, 0.6) is 0 Å². The first-order chi connectivity index (χ1) is 13.8. The van der Waals surface area contributed by atoms with Gasteiger partial charge in [-0.2, -0.15) is 18.3 Å². The van der Waals surface area contributed by atoms with Crippen LogP contribution in [0.1, 0.15) is 37.6 Å². The van der Waals surface area contributed by atoms with Crippen molar-refractivity contribution in [1.29, 1.82) is 0 Å². The largest absolute Gasteiger partial charge is 0.471 e. The van der Waals surface area contributed by atoms with Gasteiger partial charge in [-0.05, 0) is 23.3 Å². The zero-order valence-corrected chi connectivity index (χ0v) is 17.1. The third-order valence-corrected chi connectivity index (χ3v) is 5.05. The van der Waals surface area contributed by atoms with Crippen LogP contribution >= 0.6 is 0 Å². The lowest BCUT2D eigenvalue weighted by atomic mass is 9.92. The Morgan fingerprint density at radius 1 is 1.17 bits per heavy atom. The highest BCUT2D eigenvalue weighted by atomic mass is 19.4. The lowest BCUT2D eigenvalue weighted by Crippen LogP contribution is -2.53. The number of halogens is 3. The maximum Gasteiger partial charge on any atom is 0.471 e. The molecule has 0 bridgehead atoms. The zero-order chi connectivity index (χ0) is 22.4. The molecule has 10 heteroatoms. The minimum atomic E-state index is -5.09. The van der Waals surface area contributed by atoms with E-state index in [1.165, 1.54) is 0 Å². The van der Waals surface area contributed by atoms with Crippen molar-refractivity contribution in [2.45, 2.75) is 51.4 Å². The van der Waals surface area contributed by atoms with Crippen molar-refractivity contribution in [3.05, 3.63) is 41.1 Å². The Hall–Kier alpha value is -3.04. The Labute approximate surface area is 171 Å². The molecule has 1 amide bonds. The van der Waals surface area contributed by atoms with Crippen molar-refractivity contribution in [2.75, 3.05) is 12.8 Å². The first-order valence-corrected chi connectivity index (χ1v) is 9.26. The predicted molar refractivity (Wildman–Crippen MR) is 103 cm³/mol. The molecule has 7 nitrogen and oxygen atoms in total. The van der Waals surface area contributed by atoms with Crippen LogP contribution in [-0.2, 0) is 32.7 Å². The van der Waals surface area contributed by atoms with Crippen molar-refractivity contribution >= 4 is 17.7 Å². The molecule has 2 N–H and O–H groups in total. The Morgan fingerprint density at radius 2 is 1.83 bits per heavy atom. The third-order valence-electron chi connectivity index (χ3n) is 5.05. The van der Waals surface area contributed by atoms with E-state index >= 15 is 0 Å². The number of carbonyl (C=O) groups is 2. The van der Waals surface area contributed by atoms with Crippen molar-refractivity contribution in [3.63, 3.8) is 0 Å². The Bertz CT molecular complexity index is 992. The van der Waals surface area contributed by atoms with Crippen molar-refractivity contribution in [3.8, 4) is 5.69 Å². The number of hydrogen-bond acceptors (Lipinski definition) is 5. The van der Waals surface area contributed by atoms with Crippen LogP contribution in [0.3, 0.4) is 0 Å². The molecule has 0 spiro atoms. The van der Waals surface area contributed by atoms with E-state index in [4.69, 9.17) is 5.73 Å². The fraction of sp³-hybridized carbons (Fsp3) is 0.450. The third kappa shape index (κ3) is 3.99. The van der Waals surface area contributed by atoms with Crippen molar-refractivity contribution < 1.29 is 27.5 Å². The minimum Gasteiger partial charge on any atom is -0.467 e. The van der Waals surface area contributed by atoms with Gasteiger partial charge < -0.3 is 15.4 Å². The number of methoxy groups -OCH3 is 1. The number of benzene rings is 1. The Balaban J connectivity index is 2.01. The number of nitrogens with two attached hydrogens (primary N) is 1. The number of carbonyl (C=O) groups excluding carboxylic acids is 2. The number of amides is 1. The molecule has 162 valence electrons. The summed E-state index contributed by atoms with van der Waals surface area (Å²) in [5.41, 5.74) is 8.42. The summed E-state index contributed by atoms with van der Waals surface area (Å²) < 4.78 is 45.2. The van der Waals surface area contributed by atoms with E-state index in [-0.39, 0.29) is 18.4 Å². The second-order valence-corrected chi connectivity index (χ2v) is 8.24. The summed E-state index contributed by atoms with van der Waals surface area (Å²) in [4.78, 5) is 24.5. The van der Waals surface area contributed by atoms with Gasteiger partial charge in [-0.15, -0.1) is 0 Å². The monoisotopic (exact) mass is 424 g/mol. The zero-order valence-electron chi connectivity index (χ0n) is 17.1. The number of nitrogens with zero attached hydrogens (tertiary/aromatic N) is 3. The average Bonchev–Trinajstić information content (AvgIpc) is 3.06. The van der Waals surface area contributed by atoms with Crippen LogP contribution in [0.15, 0.2) is 24.3 Å². The molecular formula is C20H23F3N4O3. The fourth-order valence-corrected chi connectivity index (χ4v) is 3.39.